The Hall–Kier alpha value is -1.58. The van der Waals surface area contributed by atoms with Gasteiger partial charge in [0.1, 0.15) is 5.82 Å². The van der Waals surface area contributed by atoms with Gasteiger partial charge in [0, 0.05) is 23.8 Å². The summed E-state index contributed by atoms with van der Waals surface area (Å²) in [5.41, 5.74) is 1.29. The summed E-state index contributed by atoms with van der Waals surface area (Å²) in [6, 6.07) is 3.55. The van der Waals surface area contributed by atoms with Crippen molar-refractivity contribution < 1.29 is 4.79 Å². The van der Waals surface area contributed by atoms with Crippen molar-refractivity contribution in [2.75, 3.05) is 12.4 Å². The molecule has 94 valence electrons. The third-order valence-corrected chi connectivity index (χ3v) is 2.81. The van der Waals surface area contributed by atoms with Gasteiger partial charge in [-0.3, -0.25) is 4.79 Å². The Morgan fingerprint density at radius 1 is 1.41 bits per heavy atom. The molecule has 1 aromatic rings. The second-order valence-electron chi connectivity index (χ2n) is 4.82. The predicted octanol–water partition coefficient (Wildman–Crippen LogP) is 2.35. The fourth-order valence-corrected chi connectivity index (χ4v) is 1.40. The third-order valence-electron chi connectivity index (χ3n) is 2.81. The van der Waals surface area contributed by atoms with Crippen molar-refractivity contribution in [3.8, 4) is 0 Å². The van der Waals surface area contributed by atoms with Gasteiger partial charge in [-0.2, -0.15) is 0 Å². The van der Waals surface area contributed by atoms with Crippen LogP contribution in [0.5, 0.6) is 0 Å². The fraction of sp³-hybridized carbons (Fsp3) is 0.538. The number of anilines is 1. The zero-order valence-electron chi connectivity index (χ0n) is 11.2. The number of aromatic nitrogens is 1. The van der Waals surface area contributed by atoms with E-state index in [1.165, 1.54) is 0 Å². The summed E-state index contributed by atoms with van der Waals surface area (Å²) in [6.45, 7) is 7.95. The van der Waals surface area contributed by atoms with E-state index in [0.29, 0.717) is 11.4 Å². The first-order valence-corrected chi connectivity index (χ1v) is 5.87. The number of pyridine rings is 1. The van der Waals surface area contributed by atoms with E-state index in [1.54, 1.807) is 19.2 Å². The standard InChI is InChI=1S/C13H21N3O/c1-6-13(3,4)16-12(17)10-7-9(2)15-11(8-10)14-5/h7-8H,6H2,1-5H3,(H,14,15)(H,16,17). The molecule has 0 aliphatic carbocycles. The van der Waals surface area contributed by atoms with Gasteiger partial charge in [0.05, 0.1) is 0 Å². The lowest BCUT2D eigenvalue weighted by molar-refractivity contribution is 0.0911. The highest BCUT2D eigenvalue weighted by Crippen LogP contribution is 2.13. The average molecular weight is 235 g/mol. The topological polar surface area (TPSA) is 54.0 Å². The molecule has 0 unspecified atom stereocenters. The van der Waals surface area contributed by atoms with Crippen LogP contribution in [0.3, 0.4) is 0 Å². The second-order valence-corrected chi connectivity index (χ2v) is 4.82. The van der Waals surface area contributed by atoms with Crippen LogP contribution in [0.1, 0.15) is 43.2 Å². The van der Waals surface area contributed by atoms with E-state index in [1.807, 2.05) is 20.8 Å². The van der Waals surface area contributed by atoms with Crippen molar-refractivity contribution in [3.63, 3.8) is 0 Å². The lowest BCUT2D eigenvalue weighted by Crippen LogP contribution is -2.42. The Labute approximate surface area is 103 Å². The monoisotopic (exact) mass is 235 g/mol. The van der Waals surface area contributed by atoms with Crippen molar-refractivity contribution >= 4 is 11.7 Å². The zero-order valence-corrected chi connectivity index (χ0v) is 11.2. The van der Waals surface area contributed by atoms with Crippen LogP contribution in [0.15, 0.2) is 12.1 Å². The Morgan fingerprint density at radius 3 is 2.59 bits per heavy atom. The molecule has 4 nitrogen and oxygen atoms in total. The molecule has 0 aliphatic heterocycles. The normalized spacial score (nSPS) is 11.1. The predicted molar refractivity (Wildman–Crippen MR) is 70.4 cm³/mol. The molecule has 0 bridgehead atoms. The minimum Gasteiger partial charge on any atom is -0.373 e. The first-order chi connectivity index (χ1) is 7.88. The molecule has 1 heterocycles. The number of hydrogen-bond acceptors (Lipinski definition) is 3. The summed E-state index contributed by atoms with van der Waals surface area (Å²) in [7, 11) is 1.79. The van der Waals surface area contributed by atoms with Crippen LogP contribution in [-0.2, 0) is 0 Å². The van der Waals surface area contributed by atoms with E-state index in [4.69, 9.17) is 0 Å². The van der Waals surface area contributed by atoms with E-state index >= 15 is 0 Å². The van der Waals surface area contributed by atoms with Crippen LogP contribution >= 0.6 is 0 Å². The van der Waals surface area contributed by atoms with Crippen molar-refractivity contribution in [1.29, 1.82) is 0 Å². The second kappa shape index (κ2) is 5.17. The van der Waals surface area contributed by atoms with Gasteiger partial charge in [0.25, 0.3) is 5.91 Å². The van der Waals surface area contributed by atoms with Crippen molar-refractivity contribution in [3.05, 3.63) is 23.4 Å². The minimum atomic E-state index is -0.186. The van der Waals surface area contributed by atoms with Gasteiger partial charge in [0.2, 0.25) is 0 Å². The highest BCUT2D eigenvalue weighted by Gasteiger charge is 2.19. The van der Waals surface area contributed by atoms with Gasteiger partial charge in [-0.1, -0.05) is 6.92 Å². The highest BCUT2D eigenvalue weighted by atomic mass is 16.1. The molecule has 0 fully saturated rings. The molecule has 1 rings (SSSR count). The molecule has 0 saturated carbocycles. The zero-order chi connectivity index (χ0) is 13.1. The van der Waals surface area contributed by atoms with Crippen molar-refractivity contribution in [2.24, 2.45) is 0 Å². The van der Waals surface area contributed by atoms with Crippen LogP contribution < -0.4 is 10.6 Å². The maximum atomic E-state index is 12.1. The van der Waals surface area contributed by atoms with Gasteiger partial charge in [-0.25, -0.2) is 4.98 Å². The molecule has 0 spiro atoms. The van der Waals surface area contributed by atoms with E-state index in [2.05, 4.69) is 22.5 Å². The summed E-state index contributed by atoms with van der Waals surface area (Å²) in [5, 5.41) is 5.96. The maximum absolute atomic E-state index is 12.1. The third kappa shape index (κ3) is 3.73. The smallest absolute Gasteiger partial charge is 0.251 e. The van der Waals surface area contributed by atoms with E-state index in [9.17, 15) is 4.79 Å². The molecular weight excluding hydrogens is 214 g/mol. The first kappa shape index (κ1) is 13.5. The maximum Gasteiger partial charge on any atom is 0.251 e. The molecule has 2 N–H and O–H groups in total. The number of rotatable bonds is 4. The summed E-state index contributed by atoms with van der Waals surface area (Å²) in [6.07, 6.45) is 0.891. The SMILES string of the molecule is CCC(C)(C)NC(=O)c1cc(C)nc(NC)c1. The Balaban J connectivity index is 2.93. The first-order valence-electron chi connectivity index (χ1n) is 5.87. The van der Waals surface area contributed by atoms with Crippen LogP contribution in [0.25, 0.3) is 0 Å². The number of nitrogens with zero attached hydrogens (tertiary/aromatic N) is 1. The van der Waals surface area contributed by atoms with Gasteiger partial charge in [-0.15, -0.1) is 0 Å². The fourth-order valence-electron chi connectivity index (χ4n) is 1.40. The number of amides is 1. The van der Waals surface area contributed by atoms with Gasteiger partial charge >= 0.3 is 0 Å². The van der Waals surface area contributed by atoms with Gasteiger partial charge in [-0.05, 0) is 39.3 Å². The number of nitrogens with one attached hydrogen (secondary N) is 2. The summed E-state index contributed by atoms with van der Waals surface area (Å²) in [4.78, 5) is 16.3. The van der Waals surface area contributed by atoms with Crippen LogP contribution in [0, 0.1) is 6.92 Å². The minimum absolute atomic E-state index is 0.0566. The van der Waals surface area contributed by atoms with Gasteiger partial charge in [0.15, 0.2) is 0 Å². The molecule has 0 radical (unpaired) electrons. The largest absolute Gasteiger partial charge is 0.373 e. The number of aryl methyl sites for hydroxylation is 1. The molecule has 0 aromatic carbocycles. The summed E-state index contributed by atoms with van der Waals surface area (Å²) in [5.74, 6) is 0.656. The molecular formula is C13H21N3O. The highest BCUT2D eigenvalue weighted by molar-refractivity contribution is 5.95. The molecule has 17 heavy (non-hydrogen) atoms. The quantitative estimate of drug-likeness (QED) is 0.842. The van der Waals surface area contributed by atoms with Gasteiger partial charge < -0.3 is 10.6 Å². The Kier molecular flexibility index (Phi) is 4.10. The average Bonchev–Trinajstić information content (AvgIpc) is 2.27. The number of carbonyl (C=O) groups excluding carboxylic acids is 1. The van der Waals surface area contributed by atoms with Crippen molar-refractivity contribution in [1.82, 2.24) is 10.3 Å². The Bertz CT molecular complexity index is 413. The summed E-state index contributed by atoms with van der Waals surface area (Å²) < 4.78 is 0. The van der Waals surface area contributed by atoms with E-state index in [-0.39, 0.29) is 11.4 Å². The molecule has 0 atom stereocenters. The van der Waals surface area contributed by atoms with E-state index in [0.717, 1.165) is 12.1 Å². The van der Waals surface area contributed by atoms with E-state index < -0.39 is 0 Å². The van der Waals surface area contributed by atoms with Crippen LogP contribution in [0.2, 0.25) is 0 Å². The molecule has 4 heteroatoms. The number of hydrogen-bond donors (Lipinski definition) is 2. The van der Waals surface area contributed by atoms with Crippen LogP contribution in [-0.4, -0.2) is 23.5 Å². The molecule has 0 saturated heterocycles. The molecule has 1 aromatic heterocycles. The lowest BCUT2D eigenvalue weighted by Gasteiger charge is -2.24. The Morgan fingerprint density at radius 2 is 2.06 bits per heavy atom. The molecule has 0 aliphatic rings. The lowest BCUT2D eigenvalue weighted by atomic mass is 10.0. The van der Waals surface area contributed by atoms with Crippen LogP contribution in [0.4, 0.5) is 5.82 Å². The molecule has 1 amide bonds. The van der Waals surface area contributed by atoms with Crippen molar-refractivity contribution in [2.45, 2.75) is 39.7 Å². The summed E-state index contributed by atoms with van der Waals surface area (Å²) >= 11 is 0. The number of carbonyl (C=O) groups is 1.